The van der Waals surface area contributed by atoms with Crippen LogP contribution in [-0.2, 0) is 6.42 Å². The molecule has 1 aromatic heterocycles. The monoisotopic (exact) mass is 211 g/mol. The smallest absolute Gasteiger partial charge is 0.115 e. The second-order valence-electron chi connectivity index (χ2n) is 4.30. The Morgan fingerprint density at radius 2 is 2.44 bits per heavy atom. The molecule has 1 aromatic rings. The summed E-state index contributed by atoms with van der Waals surface area (Å²) in [6.45, 7) is 3.85. The first-order valence-electron chi connectivity index (χ1n) is 5.59. The lowest BCUT2D eigenvalue weighted by molar-refractivity contribution is 0.621. The van der Waals surface area contributed by atoms with Gasteiger partial charge < -0.3 is 0 Å². The minimum Gasteiger partial charge on any atom is -0.254 e. The van der Waals surface area contributed by atoms with Crippen LogP contribution in [0.4, 0.5) is 0 Å². The number of allylic oxidation sites excluding steroid dienone is 2. The first kappa shape index (κ1) is 9.46. The fourth-order valence-corrected chi connectivity index (χ4v) is 2.92. The van der Waals surface area contributed by atoms with Gasteiger partial charge in [0, 0.05) is 12.1 Å². The van der Waals surface area contributed by atoms with Gasteiger partial charge in [0.1, 0.15) is 5.70 Å². The molecule has 0 aromatic carbocycles. The highest BCUT2D eigenvalue weighted by Crippen LogP contribution is 2.48. The molecule has 3 rings (SSSR count). The van der Waals surface area contributed by atoms with Crippen molar-refractivity contribution < 1.29 is 0 Å². The molecule has 1 unspecified atom stereocenters. The lowest BCUT2D eigenvalue weighted by Gasteiger charge is -2.22. The molecule has 0 saturated carbocycles. The summed E-state index contributed by atoms with van der Waals surface area (Å²) in [6.07, 6.45) is 7.12. The van der Waals surface area contributed by atoms with Crippen molar-refractivity contribution in [2.24, 2.45) is 5.11 Å². The molecule has 2 aliphatic carbocycles. The number of hydrogen-bond acceptors (Lipinski definition) is 3. The Morgan fingerprint density at radius 3 is 3.19 bits per heavy atom. The van der Waals surface area contributed by atoms with Crippen LogP contribution in [0.1, 0.15) is 35.6 Å². The Kier molecular flexibility index (Phi) is 1.99. The molecule has 1 atom stereocenters. The van der Waals surface area contributed by atoms with Crippen LogP contribution in [0.3, 0.4) is 0 Å². The number of nitrogens with one attached hydrogen (secondary N) is 1. The van der Waals surface area contributed by atoms with Gasteiger partial charge in [-0.05, 0) is 42.0 Å². The Hall–Kier alpha value is -1.77. The van der Waals surface area contributed by atoms with Gasteiger partial charge in [0.05, 0.1) is 5.69 Å². The van der Waals surface area contributed by atoms with E-state index in [-0.39, 0.29) is 0 Å². The highest BCUT2D eigenvalue weighted by Gasteiger charge is 2.34. The molecular weight excluding hydrogens is 198 g/mol. The van der Waals surface area contributed by atoms with E-state index < -0.39 is 0 Å². The number of pyridine rings is 1. The summed E-state index contributed by atoms with van der Waals surface area (Å²) >= 11 is 0. The Bertz CT molecular complexity index is 514. The molecular formula is C13H13N3. The van der Waals surface area contributed by atoms with E-state index in [2.05, 4.69) is 22.7 Å². The Morgan fingerprint density at radius 1 is 1.56 bits per heavy atom. The van der Waals surface area contributed by atoms with Crippen LogP contribution in [0.5, 0.6) is 0 Å². The topological polar surface area (TPSA) is 49.1 Å². The minimum absolute atomic E-state index is 0.383. The first-order chi connectivity index (χ1) is 7.86. The average Bonchev–Trinajstić information content (AvgIpc) is 2.65. The van der Waals surface area contributed by atoms with E-state index in [9.17, 15) is 0 Å². The maximum Gasteiger partial charge on any atom is 0.115 e. The van der Waals surface area contributed by atoms with Gasteiger partial charge in [-0.15, -0.1) is 0 Å². The molecule has 0 saturated heterocycles. The van der Waals surface area contributed by atoms with E-state index in [1.165, 1.54) is 17.5 Å². The summed E-state index contributed by atoms with van der Waals surface area (Å²) in [5.41, 5.74) is 12.7. The van der Waals surface area contributed by atoms with Crippen molar-refractivity contribution in [1.82, 2.24) is 4.98 Å². The largest absolute Gasteiger partial charge is 0.254 e. The lowest BCUT2D eigenvalue weighted by Crippen LogP contribution is -2.09. The van der Waals surface area contributed by atoms with E-state index in [0.717, 1.165) is 29.8 Å². The predicted molar refractivity (Wildman–Crippen MR) is 62.2 cm³/mol. The third kappa shape index (κ3) is 1.06. The number of aryl methyl sites for hydroxylation is 1. The van der Waals surface area contributed by atoms with Gasteiger partial charge in [-0.1, -0.05) is 12.7 Å². The van der Waals surface area contributed by atoms with Crippen LogP contribution in [0.2, 0.25) is 0 Å². The quantitative estimate of drug-likeness (QED) is 0.748. The van der Waals surface area contributed by atoms with Gasteiger partial charge in [0.2, 0.25) is 0 Å². The zero-order chi connectivity index (χ0) is 11.1. The highest BCUT2D eigenvalue weighted by molar-refractivity contribution is 5.78. The van der Waals surface area contributed by atoms with Crippen LogP contribution in [0.15, 0.2) is 35.6 Å². The molecule has 0 bridgehead atoms. The second-order valence-corrected chi connectivity index (χ2v) is 4.30. The molecule has 1 heterocycles. The van der Waals surface area contributed by atoms with Crippen LogP contribution in [0.25, 0.3) is 5.70 Å². The van der Waals surface area contributed by atoms with Gasteiger partial charge >= 0.3 is 0 Å². The van der Waals surface area contributed by atoms with Crippen molar-refractivity contribution in [2.75, 3.05) is 0 Å². The van der Waals surface area contributed by atoms with E-state index >= 15 is 0 Å². The summed E-state index contributed by atoms with van der Waals surface area (Å²) in [5.74, 6) is 0.383. The minimum atomic E-state index is 0.383. The van der Waals surface area contributed by atoms with Crippen LogP contribution < -0.4 is 0 Å². The molecule has 3 heteroatoms. The molecule has 3 nitrogen and oxygen atoms in total. The Balaban J connectivity index is 2.31. The summed E-state index contributed by atoms with van der Waals surface area (Å²) in [6, 6.07) is 2.10. The van der Waals surface area contributed by atoms with E-state index in [0.29, 0.717) is 5.92 Å². The normalized spacial score (nSPS) is 21.9. The standard InChI is InChI=1S/C13H13N3/c1-2-9-10-5-3-4-8-6-7-15-13(11(8)10)12(9)16-14/h2,6-7,10,14H,1,3-5H2. The van der Waals surface area contributed by atoms with Crippen LogP contribution in [-0.4, -0.2) is 4.98 Å². The molecule has 80 valence electrons. The summed E-state index contributed by atoms with van der Waals surface area (Å²) < 4.78 is 0. The van der Waals surface area contributed by atoms with Gasteiger partial charge in [-0.25, -0.2) is 5.53 Å². The maximum absolute atomic E-state index is 7.30. The van der Waals surface area contributed by atoms with E-state index in [1.807, 2.05) is 12.3 Å². The van der Waals surface area contributed by atoms with Crippen LogP contribution >= 0.6 is 0 Å². The molecule has 0 radical (unpaired) electrons. The average molecular weight is 211 g/mol. The summed E-state index contributed by atoms with van der Waals surface area (Å²) in [4.78, 5) is 4.38. The second kappa shape index (κ2) is 3.37. The zero-order valence-electron chi connectivity index (χ0n) is 9.03. The highest BCUT2D eigenvalue weighted by atomic mass is 15.0. The molecule has 1 N–H and O–H groups in total. The first-order valence-corrected chi connectivity index (χ1v) is 5.59. The van der Waals surface area contributed by atoms with Gasteiger partial charge in [0.15, 0.2) is 0 Å². The summed E-state index contributed by atoms with van der Waals surface area (Å²) in [7, 11) is 0. The molecule has 0 amide bonds. The van der Waals surface area contributed by atoms with Gasteiger partial charge in [-0.2, -0.15) is 5.11 Å². The van der Waals surface area contributed by atoms with Crippen molar-refractivity contribution in [3.63, 3.8) is 0 Å². The number of aromatic nitrogens is 1. The van der Waals surface area contributed by atoms with Crippen LogP contribution in [0, 0.1) is 5.53 Å². The van der Waals surface area contributed by atoms with Gasteiger partial charge in [-0.3, -0.25) is 4.98 Å². The molecule has 0 aliphatic heterocycles. The zero-order valence-corrected chi connectivity index (χ0v) is 9.03. The van der Waals surface area contributed by atoms with Gasteiger partial charge in [0.25, 0.3) is 0 Å². The number of rotatable bonds is 2. The summed E-state index contributed by atoms with van der Waals surface area (Å²) in [5, 5.41) is 3.64. The van der Waals surface area contributed by atoms with Crippen molar-refractivity contribution in [3.8, 4) is 0 Å². The molecule has 0 spiro atoms. The van der Waals surface area contributed by atoms with Crippen molar-refractivity contribution in [2.45, 2.75) is 25.2 Å². The third-order valence-corrected chi connectivity index (χ3v) is 3.57. The fraction of sp³-hybridized carbons (Fsp3) is 0.308. The van der Waals surface area contributed by atoms with E-state index in [4.69, 9.17) is 5.53 Å². The molecule has 0 fully saturated rings. The molecule has 16 heavy (non-hydrogen) atoms. The van der Waals surface area contributed by atoms with Crippen molar-refractivity contribution in [3.05, 3.63) is 47.3 Å². The fourth-order valence-electron chi connectivity index (χ4n) is 2.92. The SMILES string of the molecule is C=CC1=C(N=N)c2nccc3c2C1CCC3. The number of hydrogen-bond donors (Lipinski definition) is 1. The van der Waals surface area contributed by atoms with Crippen molar-refractivity contribution in [1.29, 1.82) is 5.53 Å². The lowest BCUT2D eigenvalue weighted by atomic mass is 9.82. The predicted octanol–water partition coefficient (Wildman–Crippen LogP) is 3.44. The maximum atomic E-state index is 7.30. The Labute approximate surface area is 94.4 Å². The molecule has 2 aliphatic rings. The number of nitrogens with zero attached hydrogens (tertiary/aromatic N) is 2. The van der Waals surface area contributed by atoms with E-state index in [1.54, 1.807) is 0 Å². The third-order valence-electron chi connectivity index (χ3n) is 3.57. The van der Waals surface area contributed by atoms with Crippen molar-refractivity contribution >= 4 is 5.70 Å².